The smallest absolute Gasteiger partial charge is 0.321 e. The summed E-state index contributed by atoms with van der Waals surface area (Å²) in [7, 11) is 0. The topological polar surface area (TPSA) is 116 Å². The number of fused-ring (bicyclic) bond motifs is 1. The Morgan fingerprint density at radius 3 is 2.74 bits per heavy atom. The molecule has 4 rings (SSSR count). The molecule has 0 unspecified atom stereocenters. The van der Waals surface area contributed by atoms with Crippen LogP contribution in [0.4, 0.5) is 16.2 Å². The summed E-state index contributed by atoms with van der Waals surface area (Å²) in [5.41, 5.74) is 2.72. The van der Waals surface area contributed by atoms with Crippen LogP contribution in [0, 0.1) is 10.1 Å². The van der Waals surface area contributed by atoms with Crippen molar-refractivity contribution < 1.29 is 24.0 Å². The number of urea groups is 1. The number of rotatable bonds is 5. The number of ether oxygens (including phenoxy) is 2. The Bertz CT molecular complexity index is 985. The third-order valence-electron chi connectivity index (χ3n) is 5.05. The first-order chi connectivity index (χ1) is 15.1. The summed E-state index contributed by atoms with van der Waals surface area (Å²) in [5, 5.41) is 18.2. The Hall–Kier alpha value is -3.66. The standard InChI is InChI=1S/C21H22N4O6/c26-21(22-17-4-2-1-3-5-17)24-8-6-18(7-9-24)23-31-13-16-11-19(25(27)28)10-15-12-29-14-30-20(15)16/h1-5,10-11H,6-9,12-14H2,(H,22,26). The Morgan fingerprint density at radius 2 is 2.00 bits per heavy atom. The van der Waals surface area contributed by atoms with Crippen LogP contribution in [0.25, 0.3) is 0 Å². The van der Waals surface area contributed by atoms with Crippen LogP contribution in [0.15, 0.2) is 47.6 Å². The third-order valence-corrected chi connectivity index (χ3v) is 5.05. The Labute approximate surface area is 178 Å². The normalized spacial score (nSPS) is 15.5. The van der Waals surface area contributed by atoms with Crippen LogP contribution >= 0.6 is 0 Å². The van der Waals surface area contributed by atoms with E-state index in [1.807, 2.05) is 30.3 Å². The van der Waals surface area contributed by atoms with Crippen molar-refractivity contribution in [2.45, 2.75) is 26.1 Å². The first kappa shape index (κ1) is 20.6. The molecule has 2 heterocycles. The molecule has 0 atom stereocenters. The van der Waals surface area contributed by atoms with E-state index in [2.05, 4.69) is 10.5 Å². The van der Waals surface area contributed by atoms with Crippen molar-refractivity contribution >= 4 is 23.1 Å². The number of nitrogens with one attached hydrogen (secondary N) is 1. The summed E-state index contributed by atoms with van der Waals surface area (Å²) in [5.74, 6) is 0.546. The van der Waals surface area contributed by atoms with Gasteiger partial charge in [-0.2, -0.15) is 0 Å². The van der Waals surface area contributed by atoms with E-state index in [0.29, 0.717) is 42.8 Å². The van der Waals surface area contributed by atoms with Gasteiger partial charge >= 0.3 is 6.03 Å². The highest BCUT2D eigenvalue weighted by Crippen LogP contribution is 2.33. The van der Waals surface area contributed by atoms with Crippen molar-refractivity contribution in [1.82, 2.24) is 4.90 Å². The average Bonchev–Trinajstić information content (AvgIpc) is 2.80. The van der Waals surface area contributed by atoms with Gasteiger partial charge in [-0.15, -0.1) is 0 Å². The first-order valence-corrected chi connectivity index (χ1v) is 9.89. The summed E-state index contributed by atoms with van der Waals surface area (Å²) in [6.07, 6.45) is 1.19. The minimum Gasteiger partial charge on any atom is -0.467 e. The number of benzene rings is 2. The van der Waals surface area contributed by atoms with Crippen LogP contribution in [0.1, 0.15) is 24.0 Å². The largest absolute Gasteiger partial charge is 0.467 e. The van der Waals surface area contributed by atoms with Gasteiger partial charge in [0, 0.05) is 54.9 Å². The van der Waals surface area contributed by atoms with Gasteiger partial charge in [0.25, 0.3) is 5.69 Å². The minimum atomic E-state index is -0.458. The van der Waals surface area contributed by atoms with Crippen molar-refractivity contribution in [2.75, 3.05) is 25.2 Å². The lowest BCUT2D eigenvalue weighted by atomic mass is 10.1. The van der Waals surface area contributed by atoms with E-state index < -0.39 is 4.92 Å². The molecule has 0 aliphatic carbocycles. The predicted molar refractivity (Wildman–Crippen MR) is 112 cm³/mol. The van der Waals surface area contributed by atoms with E-state index in [4.69, 9.17) is 14.3 Å². The summed E-state index contributed by atoms with van der Waals surface area (Å²) in [4.78, 5) is 30.3. The number of carbonyl (C=O) groups excluding carboxylic acids is 1. The molecule has 2 aliphatic heterocycles. The molecule has 0 saturated carbocycles. The molecule has 1 saturated heterocycles. The van der Waals surface area contributed by atoms with Crippen LogP contribution in [-0.4, -0.2) is 41.4 Å². The molecule has 2 aromatic rings. The molecular weight excluding hydrogens is 404 g/mol. The quantitative estimate of drug-likeness (QED) is 0.576. The van der Waals surface area contributed by atoms with Gasteiger partial charge in [0.05, 0.1) is 17.2 Å². The van der Waals surface area contributed by atoms with Gasteiger partial charge in [-0.05, 0) is 12.1 Å². The number of nitro benzene ring substituents is 1. The summed E-state index contributed by atoms with van der Waals surface area (Å²) in [6, 6.07) is 12.0. The highest BCUT2D eigenvalue weighted by Gasteiger charge is 2.22. The number of anilines is 1. The molecule has 0 spiro atoms. The van der Waals surface area contributed by atoms with Gasteiger partial charge in [0.15, 0.2) is 6.79 Å². The number of piperidine rings is 1. The fraction of sp³-hybridized carbons (Fsp3) is 0.333. The van der Waals surface area contributed by atoms with Crippen LogP contribution < -0.4 is 10.1 Å². The van der Waals surface area contributed by atoms with Gasteiger partial charge in [0.1, 0.15) is 12.4 Å². The zero-order valence-electron chi connectivity index (χ0n) is 16.8. The molecule has 10 nitrogen and oxygen atoms in total. The monoisotopic (exact) mass is 426 g/mol. The van der Waals surface area contributed by atoms with E-state index in [9.17, 15) is 14.9 Å². The number of carbonyl (C=O) groups is 1. The fourth-order valence-corrected chi connectivity index (χ4v) is 3.47. The lowest BCUT2D eigenvalue weighted by Crippen LogP contribution is -2.41. The van der Waals surface area contributed by atoms with E-state index in [1.165, 1.54) is 12.1 Å². The Balaban J connectivity index is 1.32. The van der Waals surface area contributed by atoms with Gasteiger partial charge in [-0.1, -0.05) is 23.4 Å². The Kier molecular flexibility index (Phi) is 6.27. The molecule has 0 radical (unpaired) electrons. The van der Waals surface area contributed by atoms with E-state index in [1.54, 1.807) is 4.90 Å². The number of para-hydroxylation sites is 1. The van der Waals surface area contributed by atoms with Crippen molar-refractivity contribution in [3.05, 3.63) is 63.7 Å². The molecule has 2 amide bonds. The maximum absolute atomic E-state index is 12.4. The Morgan fingerprint density at radius 1 is 1.23 bits per heavy atom. The lowest BCUT2D eigenvalue weighted by molar-refractivity contribution is -0.385. The van der Waals surface area contributed by atoms with Crippen LogP contribution in [0.5, 0.6) is 5.75 Å². The van der Waals surface area contributed by atoms with Crippen LogP contribution in [0.2, 0.25) is 0 Å². The maximum Gasteiger partial charge on any atom is 0.321 e. The average molecular weight is 426 g/mol. The predicted octanol–water partition coefficient (Wildman–Crippen LogP) is 3.66. The van der Waals surface area contributed by atoms with Gasteiger partial charge in [-0.3, -0.25) is 10.1 Å². The van der Waals surface area contributed by atoms with Crippen LogP contribution in [-0.2, 0) is 22.8 Å². The molecule has 1 fully saturated rings. The molecule has 1 N–H and O–H groups in total. The summed E-state index contributed by atoms with van der Waals surface area (Å²) < 4.78 is 10.7. The second kappa shape index (κ2) is 9.43. The third kappa shape index (κ3) is 5.10. The molecule has 2 aliphatic rings. The summed E-state index contributed by atoms with van der Waals surface area (Å²) >= 11 is 0. The van der Waals surface area contributed by atoms with E-state index >= 15 is 0 Å². The number of likely N-dealkylation sites (tertiary alicyclic amines) is 1. The molecule has 2 aromatic carbocycles. The minimum absolute atomic E-state index is 0.0446. The maximum atomic E-state index is 12.4. The number of amides is 2. The number of oxime groups is 1. The zero-order valence-corrected chi connectivity index (χ0v) is 16.8. The molecule has 0 aromatic heterocycles. The fourth-order valence-electron chi connectivity index (χ4n) is 3.47. The van der Waals surface area contributed by atoms with Crippen molar-refractivity contribution in [3.63, 3.8) is 0 Å². The number of non-ortho nitro benzene ring substituents is 1. The number of hydrogen-bond acceptors (Lipinski definition) is 7. The van der Waals surface area contributed by atoms with Crippen LogP contribution in [0.3, 0.4) is 0 Å². The zero-order chi connectivity index (χ0) is 21.6. The van der Waals surface area contributed by atoms with E-state index in [0.717, 1.165) is 11.4 Å². The second-order valence-corrected chi connectivity index (χ2v) is 7.18. The second-order valence-electron chi connectivity index (χ2n) is 7.18. The molecule has 162 valence electrons. The van der Waals surface area contributed by atoms with Crippen molar-refractivity contribution in [1.29, 1.82) is 0 Å². The lowest BCUT2D eigenvalue weighted by Gasteiger charge is -2.27. The molecule has 10 heteroatoms. The van der Waals surface area contributed by atoms with E-state index in [-0.39, 0.29) is 31.7 Å². The summed E-state index contributed by atoms with van der Waals surface area (Å²) in [6.45, 7) is 1.46. The molecule has 31 heavy (non-hydrogen) atoms. The number of nitro groups is 1. The van der Waals surface area contributed by atoms with Crippen molar-refractivity contribution in [2.24, 2.45) is 5.16 Å². The highest BCUT2D eigenvalue weighted by molar-refractivity contribution is 5.92. The molecular formula is C21H22N4O6. The SMILES string of the molecule is O=C(Nc1ccccc1)N1CCC(=NOCc2cc([N+](=O)[O-])cc3c2OCOC3)CC1. The molecule has 0 bridgehead atoms. The van der Waals surface area contributed by atoms with Gasteiger partial charge < -0.3 is 24.5 Å². The first-order valence-electron chi connectivity index (χ1n) is 9.89. The van der Waals surface area contributed by atoms with Gasteiger partial charge in [-0.25, -0.2) is 4.79 Å². The number of hydrogen-bond donors (Lipinski definition) is 1. The number of nitrogens with zero attached hydrogens (tertiary/aromatic N) is 3. The van der Waals surface area contributed by atoms with Gasteiger partial charge in [0.2, 0.25) is 0 Å². The van der Waals surface area contributed by atoms with Crippen molar-refractivity contribution in [3.8, 4) is 5.75 Å². The highest BCUT2D eigenvalue weighted by atomic mass is 16.7.